The summed E-state index contributed by atoms with van der Waals surface area (Å²) >= 11 is 1.82. The Morgan fingerprint density at radius 3 is 3.05 bits per heavy atom. The molecular formula is C16H21NOS. The van der Waals surface area contributed by atoms with Crippen molar-refractivity contribution in [3.8, 4) is 0 Å². The van der Waals surface area contributed by atoms with Crippen molar-refractivity contribution in [3.63, 3.8) is 0 Å². The topological polar surface area (TPSA) is 35.2 Å². The fourth-order valence-corrected chi connectivity index (χ4v) is 3.86. The number of benzene rings is 1. The number of hydrogen-bond donors (Lipinski definition) is 1. The zero-order valence-electron chi connectivity index (χ0n) is 11.2. The summed E-state index contributed by atoms with van der Waals surface area (Å²) < 4.78 is 7.14. The lowest BCUT2D eigenvalue weighted by atomic mass is 9.97. The van der Waals surface area contributed by atoms with Crippen LogP contribution in [0.1, 0.15) is 31.2 Å². The third-order valence-electron chi connectivity index (χ3n) is 3.88. The lowest BCUT2D eigenvalue weighted by molar-refractivity contribution is 0.00749. The summed E-state index contributed by atoms with van der Waals surface area (Å²) in [6.45, 7) is 0.915. The molecule has 1 aromatic carbocycles. The number of ether oxygens (including phenoxy) is 1. The van der Waals surface area contributed by atoms with Gasteiger partial charge in [-0.25, -0.2) is 0 Å². The Labute approximate surface area is 118 Å². The summed E-state index contributed by atoms with van der Waals surface area (Å²) in [7, 11) is 0. The predicted molar refractivity (Wildman–Crippen MR) is 81.7 cm³/mol. The minimum absolute atomic E-state index is 0.209. The molecular weight excluding hydrogens is 254 g/mol. The third kappa shape index (κ3) is 3.16. The van der Waals surface area contributed by atoms with Crippen molar-refractivity contribution in [1.82, 2.24) is 0 Å². The molecule has 3 rings (SSSR count). The Bertz CT molecular complexity index is 530. The first-order chi connectivity index (χ1) is 9.33. The van der Waals surface area contributed by atoms with E-state index < -0.39 is 0 Å². The van der Waals surface area contributed by atoms with E-state index in [0.717, 1.165) is 19.4 Å². The van der Waals surface area contributed by atoms with Crippen LogP contribution in [0.25, 0.3) is 10.1 Å². The Hall–Kier alpha value is -0.900. The van der Waals surface area contributed by atoms with Gasteiger partial charge in [-0.2, -0.15) is 0 Å². The molecule has 2 unspecified atom stereocenters. The van der Waals surface area contributed by atoms with Crippen LogP contribution in [0.4, 0.5) is 0 Å². The Morgan fingerprint density at radius 1 is 1.32 bits per heavy atom. The molecule has 1 saturated heterocycles. The quantitative estimate of drug-likeness (QED) is 0.922. The molecule has 2 atom stereocenters. The van der Waals surface area contributed by atoms with Gasteiger partial charge in [0.2, 0.25) is 0 Å². The molecule has 2 N–H and O–H groups in total. The highest BCUT2D eigenvalue weighted by Crippen LogP contribution is 2.27. The molecule has 3 heteroatoms. The SMILES string of the molecule is NC(Cc1csc2ccccc12)CC1CCCCO1. The van der Waals surface area contributed by atoms with Crippen LogP contribution in [-0.2, 0) is 11.2 Å². The average Bonchev–Trinajstić information content (AvgIpc) is 2.83. The Kier molecular flexibility index (Phi) is 4.16. The molecule has 0 aliphatic carbocycles. The Balaban J connectivity index is 1.63. The number of nitrogens with two attached hydrogens (primary N) is 1. The van der Waals surface area contributed by atoms with Gasteiger partial charge in [-0.15, -0.1) is 11.3 Å². The van der Waals surface area contributed by atoms with E-state index in [2.05, 4.69) is 29.6 Å². The van der Waals surface area contributed by atoms with Gasteiger partial charge in [0, 0.05) is 17.3 Å². The number of rotatable bonds is 4. The monoisotopic (exact) mass is 275 g/mol. The summed E-state index contributed by atoms with van der Waals surface area (Å²) in [5.74, 6) is 0. The second-order valence-electron chi connectivity index (χ2n) is 5.45. The van der Waals surface area contributed by atoms with Gasteiger partial charge < -0.3 is 10.5 Å². The van der Waals surface area contributed by atoms with Crippen molar-refractivity contribution in [2.24, 2.45) is 5.73 Å². The second-order valence-corrected chi connectivity index (χ2v) is 6.36. The predicted octanol–water partition coefficient (Wildman–Crippen LogP) is 3.73. The molecule has 2 nitrogen and oxygen atoms in total. The molecule has 2 heterocycles. The fourth-order valence-electron chi connectivity index (χ4n) is 2.89. The standard InChI is InChI=1S/C16H21NOS/c17-13(10-14-5-3-4-8-18-14)9-12-11-19-16-7-2-1-6-15(12)16/h1-2,6-7,11,13-14H,3-5,8-10,17H2. The van der Waals surface area contributed by atoms with Crippen LogP contribution in [0.2, 0.25) is 0 Å². The van der Waals surface area contributed by atoms with E-state index in [0.29, 0.717) is 6.10 Å². The zero-order valence-corrected chi connectivity index (χ0v) is 12.0. The van der Waals surface area contributed by atoms with Crippen molar-refractivity contribution < 1.29 is 4.74 Å². The number of hydrogen-bond acceptors (Lipinski definition) is 3. The van der Waals surface area contributed by atoms with Gasteiger partial charge in [0.1, 0.15) is 0 Å². The largest absolute Gasteiger partial charge is 0.378 e. The minimum atomic E-state index is 0.209. The third-order valence-corrected chi connectivity index (χ3v) is 4.90. The zero-order chi connectivity index (χ0) is 13.1. The van der Waals surface area contributed by atoms with Gasteiger partial charge >= 0.3 is 0 Å². The molecule has 0 amide bonds. The maximum absolute atomic E-state index is 6.31. The molecule has 0 radical (unpaired) electrons. The summed E-state index contributed by atoms with van der Waals surface area (Å²) in [6, 6.07) is 8.79. The molecule has 1 aromatic heterocycles. The van der Waals surface area contributed by atoms with Crippen LogP contribution >= 0.6 is 11.3 Å². The molecule has 19 heavy (non-hydrogen) atoms. The van der Waals surface area contributed by atoms with Gasteiger partial charge in [-0.05, 0) is 54.5 Å². The average molecular weight is 275 g/mol. The van der Waals surface area contributed by atoms with Crippen LogP contribution in [0.15, 0.2) is 29.6 Å². The minimum Gasteiger partial charge on any atom is -0.378 e. The first kappa shape index (κ1) is 13.1. The van der Waals surface area contributed by atoms with Crippen LogP contribution in [-0.4, -0.2) is 18.8 Å². The Morgan fingerprint density at radius 2 is 2.21 bits per heavy atom. The first-order valence-electron chi connectivity index (χ1n) is 7.15. The van der Waals surface area contributed by atoms with Crippen molar-refractivity contribution in [1.29, 1.82) is 0 Å². The summed E-state index contributed by atoms with van der Waals surface area (Å²) in [5.41, 5.74) is 7.70. The van der Waals surface area contributed by atoms with Gasteiger partial charge in [0.05, 0.1) is 6.10 Å². The smallest absolute Gasteiger partial charge is 0.0590 e. The highest BCUT2D eigenvalue weighted by molar-refractivity contribution is 7.17. The van der Waals surface area contributed by atoms with E-state index in [1.165, 1.54) is 34.9 Å². The van der Waals surface area contributed by atoms with E-state index in [4.69, 9.17) is 10.5 Å². The maximum Gasteiger partial charge on any atom is 0.0590 e. The van der Waals surface area contributed by atoms with E-state index in [-0.39, 0.29) is 6.04 Å². The molecule has 0 saturated carbocycles. The van der Waals surface area contributed by atoms with Gasteiger partial charge in [0.15, 0.2) is 0 Å². The molecule has 1 fully saturated rings. The summed E-state index contributed by atoms with van der Waals surface area (Å²) in [6.07, 6.45) is 6.01. The van der Waals surface area contributed by atoms with Crippen LogP contribution in [0.3, 0.4) is 0 Å². The van der Waals surface area contributed by atoms with E-state index >= 15 is 0 Å². The highest BCUT2D eigenvalue weighted by atomic mass is 32.1. The van der Waals surface area contributed by atoms with Gasteiger partial charge in [-0.3, -0.25) is 0 Å². The molecule has 2 aromatic rings. The molecule has 1 aliphatic rings. The molecule has 0 bridgehead atoms. The lowest BCUT2D eigenvalue weighted by Crippen LogP contribution is -2.31. The van der Waals surface area contributed by atoms with Crippen LogP contribution in [0, 0.1) is 0 Å². The first-order valence-corrected chi connectivity index (χ1v) is 8.03. The summed E-state index contributed by atoms with van der Waals surface area (Å²) in [5, 5.41) is 3.62. The van der Waals surface area contributed by atoms with E-state index in [9.17, 15) is 0 Å². The van der Waals surface area contributed by atoms with E-state index in [1.54, 1.807) is 0 Å². The molecule has 0 spiro atoms. The fraction of sp³-hybridized carbons (Fsp3) is 0.500. The van der Waals surface area contributed by atoms with Crippen molar-refractivity contribution in [2.75, 3.05) is 6.61 Å². The van der Waals surface area contributed by atoms with Gasteiger partial charge in [-0.1, -0.05) is 18.2 Å². The normalized spacial score (nSPS) is 21.6. The van der Waals surface area contributed by atoms with Crippen molar-refractivity contribution >= 4 is 21.4 Å². The van der Waals surface area contributed by atoms with Crippen LogP contribution in [0.5, 0.6) is 0 Å². The lowest BCUT2D eigenvalue weighted by Gasteiger charge is -2.25. The second kappa shape index (κ2) is 6.04. The number of fused-ring (bicyclic) bond motifs is 1. The van der Waals surface area contributed by atoms with Gasteiger partial charge in [0.25, 0.3) is 0 Å². The molecule has 1 aliphatic heterocycles. The van der Waals surface area contributed by atoms with Crippen LogP contribution < -0.4 is 5.73 Å². The highest BCUT2D eigenvalue weighted by Gasteiger charge is 2.18. The van der Waals surface area contributed by atoms with E-state index in [1.807, 2.05) is 11.3 Å². The molecule has 102 valence electrons. The number of thiophene rings is 1. The van der Waals surface area contributed by atoms with Crippen molar-refractivity contribution in [2.45, 2.75) is 44.2 Å². The maximum atomic E-state index is 6.31. The van der Waals surface area contributed by atoms with Crippen molar-refractivity contribution in [3.05, 3.63) is 35.2 Å². The summed E-state index contributed by atoms with van der Waals surface area (Å²) in [4.78, 5) is 0.